The number of amidine groups is 1. The smallest absolute Gasteiger partial charge is 0.129 e. The van der Waals surface area contributed by atoms with Crippen LogP contribution in [0.2, 0.25) is 0 Å². The SMILES string of the molecule is CN(C)C(=N)Cc1c(F)cccc1F. The normalized spacial score (nSPS) is 10.0. The third-order valence-electron chi connectivity index (χ3n) is 1.95. The van der Waals surface area contributed by atoms with Crippen molar-refractivity contribution < 1.29 is 8.78 Å². The van der Waals surface area contributed by atoms with Crippen LogP contribution >= 0.6 is 0 Å². The zero-order chi connectivity index (χ0) is 10.7. The van der Waals surface area contributed by atoms with Gasteiger partial charge in [0.25, 0.3) is 0 Å². The van der Waals surface area contributed by atoms with Crippen molar-refractivity contribution in [2.24, 2.45) is 0 Å². The summed E-state index contributed by atoms with van der Waals surface area (Å²) in [4.78, 5) is 1.52. The van der Waals surface area contributed by atoms with Crippen LogP contribution in [0.15, 0.2) is 18.2 Å². The lowest BCUT2D eigenvalue weighted by Gasteiger charge is -2.14. The van der Waals surface area contributed by atoms with Crippen molar-refractivity contribution in [2.45, 2.75) is 6.42 Å². The van der Waals surface area contributed by atoms with Crippen molar-refractivity contribution in [3.8, 4) is 0 Å². The first-order valence-corrected chi connectivity index (χ1v) is 4.20. The summed E-state index contributed by atoms with van der Waals surface area (Å²) in [7, 11) is 3.34. The van der Waals surface area contributed by atoms with Crippen molar-refractivity contribution in [3.63, 3.8) is 0 Å². The molecule has 0 atom stereocenters. The van der Waals surface area contributed by atoms with E-state index in [4.69, 9.17) is 5.41 Å². The first kappa shape index (κ1) is 10.6. The highest BCUT2D eigenvalue weighted by Gasteiger charge is 2.11. The second-order valence-corrected chi connectivity index (χ2v) is 3.22. The summed E-state index contributed by atoms with van der Waals surface area (Å²) in [5.74, 6) is -1.03. The van der Waals surface area contributed by atoms with E-state index in [1.54, 1.807) is 14.1 Å². The Kier molecular flexibility index (Phi) is 3.17. The molecule has 0 aliphatic rings. The minimum atomic E-state index is -0.600. The molecular weight excluding hydrogens is 186 g/mol. The number of hydrogen-bond donors (Lipinski definition) is 1. The zero-order valence-electron chi connectivity index (χ0n) is 8.14. The largest absolute Gasteiger partial charge is 0.366 e. The molecule has 1 aromatic carbocycles. The third-order valence-corrected chi connectivity index (χ3v) is 1.95. The minimum absolute atomic E-state index is 0.0223. The maximum atomic E-state index is 13.1. The molecule has 0 spiro atoms. The number of rotatable bonds is 2. The fourth-order valence-electron chi connectivity index (χ4n) is 1.03. The maximum Gasteiger partial charge on any atom is 0.129 e. The van der Waals surface area contributed by atoms with Crippen LogP contribution in [-0.2, 0) is 6.42 Å². The molecule has 1 rings (SSSR count). The molecule has 1 N–H and O–H groups in total. The van der Waals surface area contributed by atoms with E-state index >= 15 is 0 Å². The Bertz CT molecular complexity index is 328. The van der Waals surface area contributed by atoms with Gasteiger partial charge in [0, 0.05) is 26.1 Å². The lowest BCUT2D eigenvalue weighted by atomic mass is 10.1. The molecule has 0 bridgehead atoms. The van der Waals surface area contributed by atoms with E-state index in [-0.39, 0.29) is 17.8 Å². The summed E-state index contributed by atoms with van der Waals surface area (Å²) in [5, 5.41) is 7.47. The van der Waals surface area contributed by atoms with Gasteiger partial charge >= 0.3 is 0 Å². The van der Waals surface area contributed by atoms with Gasteiger partial charge in [-0.3, -0.25) is 5.41 Å². The summed E-state index contributed by atoms with van der Waals surface area (Å²) in [6.45, 7) is 0. The Balaban J connectivity index is 2.91. The van der Waals surface area contributed by atoms with Crippen LogP contribution in [0.3, 0.4) is 0 Å². The summed E-state index contributed by atoms with van der Waals surface area (Å²) < 4.78 is 26.2. The molecule has 0 aromatic heterocycles. The standard InChI is InChI=1S/C10H12F2N2/c1-14(2)10(13)6-7-8(11)4-3-5-9(7)12/h3-5,13H,6H2,1-2H3. The van der Waals surface area contributed by atoms with Gasteiger partial charge in [-0.1, -0.05) is 6.07 Å². The lowest BCUT2D eigenvalue weighted by molar-refractivity contribution is 0.552. The molecule has 2 nitrogen and oxygen atoms in total. The monoisotopic (exact) mass is 198 g/mol. The summed E-state index contributed by atoms with van der Waals surface area (Å²) in [5.41, 5.74) is -0.0498. The maximum absolute atomic E-state index is 13.1. The number of nitrogens with zero attached hydrogens (tertiary/aromatic N) is 1. The molecule has 0 unspecified atom stereocenters. The molecule has 0 aliphatic carbocycles. The minimum Gasteiger partial charge on any atom is -0.366 e. The van der Waals surface area contributed by atoms with Crippen LogP contribution in [-0.4, -0.2) is 24.8 Å². The van der Waals surface area contributed by atoms with Crippen molar-refractivity contribution in [3.05, 3.63) is 35.4 Å². The van der Waals surface area contributed by atoms with E-state index in [9.17, 15) is 8.78 Å². The van der Waals surface area contributed by atoms with E-state index in [0.717, 1.165) is 0 Å². The zero-order valence-corrected chi connectivity index (χ0v) is 8.14. The molecule has 0 amide bonds. The van der Waals surface area contributed by atoms with Gasteiger partial charge in [0.05, 0.1) is 5.84 Å². The van der Waals surface area contributed by atoms with Crippen LogP contribution in [0.25, 0.3) is 0 Å². The van der Waals surface area contributed by atoms with E-state index in [2.05, 4.69) is 0 Å². The molecule has 14 heavy (non-hydrogen) atoms. The number of hydrogen-bond acceptors (Lipinski definition) is 1. The van der Waals surface area contributed by atoms with E-state index in [0.29, 0.717) is 0 Å². The van der Waals surface area contributed by atoms with Crippen molar-refractivity contribution in [1.82, 2.24) is 4.90 Å². The lowest BCUT2D eigenvalue weighted by Crippen LogP contribution is -2.23. The van der Waals surface area contributed by atoms with Crippen LogP contribution in [0.1, 0.15) is 5.56 Å². The second-order valence-electron chi connectivity index (χ2n) is 3.22. The molecule has 4 heteroatoms. The van der Waals surface area contributed by atoms with Gasteiger partial charge in [0.1, 0.15) is 11.6 Å². The molecular formula is C10H12F2N2. The summed E-state index contributed by atoms with van der Waals surface area (Å²) in [6.07, 6.45) is -0.0223. The Morgan fingerprint density at radius 3 is 2.21 bits per heavy atom. The fourth-order valence-corrected chi connectivity index (χ4v) is 1.03. The first-order valence-electron chi connectivity index (χ1n) is 4.20. The molecule has 0 fully saturated rings. The van der Waals surface area contributed by atoms with Gasteiger partial charge in [0.2, 0.25) is 0 Å². The fraction of sp³-hybridized carbons (Fsp3) is 0.300. The molecule has 76 valence electrons. The number of halogens is 2. The Morgan fingerprint density at radius 2 is 1.79 bits per heavy atom. The molecule has 0 saturated carbocycles. The van der Waals surface area contributed by atoms with E-state index < -0.39 is 11.6 Å². The Morgan fingerprint density at radius 1 is 1.29 bits per heavy atom. The first-order chi connectivity index (χ1) is 6.52. The van der Waals surface area contributed by atoms with Gasteiger partial charge in [-0.2, -0.15) is 0 Å². The number of nitrogens with one attached hydrogen (secondary N) is 1. The highest BCUT2D eigenvalue weighted by Crippen LogP contribution is 2.13. The van der Waals surface area contributed by atoms with E-state index in [1.807, 2.05) is 0 Å². The summed E-state index contributed by atoms with van der Waals surface area (Å²) >= 11 is 0. The topological polar surface area (TPSA) is 27.1 Å². The van der Waals surface area contributed by atoms with E-state index in [1.165, 1.54) is 23.1 Å². The highest BCUT2D eigenvalue weighted by atomic mass is 19.1. The average molecular weight is 198 g/mol. The van der Waals surface area contributed by atoms with Gasteiger partial charge in [-0.05, 0) is 12.1 Å². The van der Waals surface area contributed by atoms with Crippen LogP contribution in [0.5, 0.6) is 0 Å². The molecule has 0 saturated heterocycles. The van der Waals surface area contributed by atoms with Crippen LogP contribution < -0.4 is 0 Å². The quantitative estimate of drug-likeness (QED) is 0.571. The van der Waals surface area contributed by atoms with Gasteiger partial charge in [-0.25, -0.2) is 8.78 Å². The van der Waals surface area contributed by atoms with Gasteiger partial charge < -0.3 is 4.90 Å². The van der Waals surface area contributed by atoms with Crippen molar-refractivity contribution >= 4 is 5.84 Å². The average Bonchev–Trinajstić information content (AvgIpc) is 2.11. The van der Waals surface area contributed by atoms with Crippen LogP contribution in [0, 0.1) is 17.0 Å². The predicted octanol–water partition coefficient (Wildman–Crippen LogP) is 2.05. The second kappa shape index (κ2) is 4.17. The molecule has 0 heterocycles. The number of benzene rings is 1. The molecule has 1 aromatic rings. The van der Waals surface area contributed by atoms with Crippen molar-refractivity contribution in [1.29, 1.82) is 5.41 Å². The highest BCUT2D eigenvalue weighted by molar-refractivity contribution is 5.81. The summed E-state index contributed by atoms with van der Waals surface area (Å²) in [6, 6.07) is 3.70. The predicted molar refractivity (Wildman–Crippen MR) is 51.5 cm³/mol. The third kappa shape index (κ3) is 2.28. The Labute approximate surface area is 81.7 Å². The van der Waals surface area contributed by atoms with Gasteiger partial charge in [-0.15, -0.1) is 0 Å². The Hall–Kier alpha value is -1.45. The molecule has 0 radical (unpaired) electrons. The molecule has 0 aliphatic heterocycles. The van der Waals surface area contributed by atoms with Crippen molar-refractivity contribution in [2.75, 3.05) is 14.1 Å². The van der Waals surface area contributed by atoms with Gasteiger partial charge in [0.15, 0.2) is 0 Å². The van der Waals surface area contributed by atoms with Crippen LogP contribution in [0.4, 0.5) is 8.78 Å². The number of likely N-dealkylation sites (N-methyl/N-ethyl adjacent to an activating group) is 1.